The molecule has 0 amide bonds. The molecule has 0 bridgehead atoms. The Hall–Kier alpha value is -2.69. The summed E-state index contributed by atoms with van der Waals surface area (Å²) in [4.78, 5) is 4.29. The Morgan fingerprint density at radius 2 is 1.76 bits per heavy atom. The van der Waals surface area contributed by atoms with Crippen LogP contribution in [0.1, 0.15) is 5.56 Å². The summed E-state index contributed by atoms with van der Waals surface area (Å²) >= 11 is 0. The molecule has 0 saturated carbocycles. The maximum absolute atomic E-state index is 13.3. The van der Waals surface area contributed by atoms with Crippen LogP contribution in [0.25, 0.3) is 10.9 Å². The molecule has 0 saturated heterocycles. The number of nitrogens with zero attached hydrogens (tertiary/aromatic N) is 1. The maximum Gasteiger partial charge on any atom is 0.187 e. The number of hydrogen-bond donors (Lipinski definition) is 2. The first-order valence-electron chi connectivity index (χ1n) is 6.39. The highest BCUT2D eigenvalue weighted by atomic mass is 19.1. The van der Waals surface area contributed by atoms with E-state index in [1.807, 2.05) is 30.3 Å². The molecule has 1 heterocycles. The summed E-state index contributed by atoms with van der Waals surface area (Å²) < 4.78 is 26.6. The summed E-state index contributed by atoms with van der Waals surface area (Å²) in [7, 11) is 0. The van der Waals surface area contributed by atoms with Crippen molar-refractivity contribution in [2.45, 2.75) is 6.54 Å². The molecule has 0 fully saturated rings. The minimum Gasteiger partial charge on any atom is -0.503 e. The third-order valence-electron chi connectivity index (χ3n) is 3.19. The topological polar surface area (TPSA) is 45.1 Å². The maximum atomic E-state index is 13.3. The highest BCUT2D eigenvalue weighted by Crippen LogP contribution is 2.24. The zero-order valence-corrected chi connectivity index (χ0v) is 11.0. The second-order valence-electron chi connectivity index (χ2n) is 4.64. The number of phenolic OH excluding ortho intramolecular Hbond substituents is 1. The molecule has 5 heteroatoms. The number of rotatable bonds is 3. The van der Waals surface area contributed by atoms with Crippen molar-refractivity contribution >= 4 is 16.6 Å². The van der Waals surface area contributed by atoms with Gasteiger partial charge in [-0.2, -0.15) is 0 Å². The minimum absolute atomic E-state index is 0.226. The van der Waals surface area contributed by atoms with Crippen LogP contribution >= 0.6 is 0 Å². The lowest BCUT2D eigenvalue weighted by Gasteiger charge is -2.10. The van der Waals surface area contributed by atoms with Gasteiger partial charge in [0.2, 0.25) is 0 Å². The Kier molecular flexibility index (Phi) is 3.39. The SMILES string of the molecule is Oc1c(F)cc(CNc2cccc3cccnc23)cc1F. The van der Waals surface area contributed by atoms with Gasteiger partial charge in [0.25, 0.3) is 0 Å². The first-order valence-corrected chi connectivity index (χ1v) is 6.39. The summed E-state index contributed by atoms with van der Waals surface area (Å²) in [6, 6.07) is 11.7. The molecule has 0 unspecified atom stereocenters. The molecule has 3 aromatic rings. The van der Waals surface area contributed by atoms with Gasteiger partial charge < -0.3 is 10.4 Å². The number of benzene rings is 2. The third kappa shape index (κ3) is 2.63. The van der Waals surface area contributed by atoms with E-state index in [4.69, 9.17) is 5.11 Å². The van der Waals surface area contributed by atoms with Gasteiger partial charge in [0, 0.05) is 18.1 Å². The van der Waals surface area contributed by atoms with E-state index < -0.39 is 17.4 Å². The van der Waals surface area contributed by atoms with Crippen LogP contribution in [0.15, 0.2) is 48.7 Å². The molecule has 0 aliphatic carbocycles. The van der Waals surface area contributed by atoms with Crippen LogP contribution in [0.3, 0.4) is 0 Å². The number of halogens is 2. The van der Waals surface area contributed by atoms with Crippen molar-refractivity contribution in [3.63, 3.8) is 0 Å². The Morgan fingerprint density at radius 3 is 2.52 bits per heavy atom. The van der Waals surface area contributed by atoms with Gasteiger partial charge in [0.15, 0.2) is 17.4 Å². The van der Waals surface area contributed by atoms with Crippen molar-refractivity contribution in [2.75, 3.05) is 5.32 Å². The van der Waals surface area contributed by atoms with E-state index >= 15 is 0 Å². The van der Waals surface area contributed by atoms with Gasteiger partial charge in [-0.15, -0.1) is 0 Å². The molecule has 106 valence electrons. The van der Waals surface area contributed by atoms with Gasteiger partial charge >= 0.3 is 0 Å². The van der Waals surface area contributed by atoms with E-state index in [1.54, 1.807) is 6.20 Å². The lowest BCUT2D eigenvalue weighted by atomic mass is 10.1. The molecule has 2 N–H and O–H groups in total. The van der Waals surface area contributed by atoms with Crippen molar-refractivity contribution in [1.82, 2.24) is 4.98 Å². The van der Waals surface area contributed by atoms with E-state index in [9.17, 15) is 8.78 Å². The van der Waals surface area contributed by atoms with Gasteiger partial charge in [-0.1, -0.05) is 18.2 Å². The standard InChI is InChI=1S/C16H12F2N2O/c17-12-7-10(8-13(18)16(12)21)9-20-14-5-1-3-11-4-2-6-19-15(11)14/h1-8,20-21H,9H2. The monoisotopic (exact) mass is 286 g/mol. The number of nitrogens with one attached hydrogen (secondary N) is 1. The molecule has 0 spiro atoms. The molecular formula is C16H12F2N2O. The van der Waals surface area contributed by atoms with Crippen LogP contribution in [0, 0.1) is 11.6 Å². The fourth-order valence-electron chi connectivity index (χ4n) is 2.16. The average Bonchev–Trinajstić information content (AvgIpc) is 2.50. The van der Waals surface area contributed by atoms with E-state index in [1.165, 1.54) is 0 Å². The van der Waals surface area contributed by atoms with Crippen LogP contribution < -0.4 is 5.32 Å². The molecule has 1 aromatic heterocycles. The number of aromatic hydroxyl groups is 1. The Morgan fingerprint density at radius 1 is 1.05 bits per heavy atom. The second-order valence-corrected chi connectivity index (χ2v) is 4.64. The fourth-order valence-corrected chi connectivity index (χ4v) is 2.16. The van der Waals surface area contributed by atoms with Crippen LogP contribution in [0.5, 0.6) is 5.75 Å². The van der Waals surface area contributed by atoms with Crippen molar-refractivity contribution in [2.24, 2.45) is 0 Å². The van der Waals surface area contributed by atoms with Crippen LogP contribution in [-0.2, 0) is 6.54 Å². The summed E-state index contributed by atoms with van der Waals surface area (Å²) in [6.45, 7) is 0.226. The first-order chi connectivity index (χ1) is 10.1. The van der Waals surface area contributed by atoms with Gasteiger partial charge in [-0.3, -0.25) is 4.98 Å². The molecule has 0 aliphatic heterocycles. The van der Waals surface area contributed by atoms with Crippen LogP contribution in [0.2, 0.25) is 0 Å². The molecular weight excluding hydrogens is 274 g/mol. The third-order valence-corrected chi connectivity index (χ3v) is 3.19. The summed E-state index contributed by atoms with van der Waals surface area (Å²) in [6.07, 6.45) is 1.69. The van der Waals surface area contributed by atoms with Crippen molar-refractivity contribution in [3.8, 4) is 5.75 Å². The lowest BCUT2D eigenvalue weighted by molar-refractivity contribution is 0.395. The highest BCUT2D eigenvalue weighted by molar-refractivity contribution is 5.90. The number of hydrogen-bond acceptors (Lipinski definition) is 3. The molecule has 2 aromatic carbocycles. The van der Waals surface area contributed by atoms with E-state index in [-0.39, 0.29) is 6.54 Å². The van der Waals surface area contributed by atoms with Gasteiger partial charge in [0.1, 0.15) is 0 Å². The number of phenols is 1. The first kappa shape index (κ1) is 13.3. The van der Waals surface area contributed by atoms with Crippen LogP contribution in [-0.4, -0.2) is 10.1 Å². The van der Waals surface area contributed by atoms with E-state index in [0.29, 0.717) is 5.56 Å². The fraction of sp³-hybridized carbons (Fsp3) is 0.0625. The number of aromatic nitrogens is 1. The smallest absolute Gasteiger partial charge is 0.187 e. The van der Waals surface area contributed by atoms with E-state index in [2.05, 4.69) is 10.3 Å². The summed E-state index contributed by atoms with van der Waals surface area (Å²) in [5.74, 6) is -2.89. The van der Waals surface area contributed by atoms with Gasteiger partial charge in [0.05, 0.1) is 11.2 Å². The highest BCUT2D eigenvalue weighted by Gasteiger charge is 2.09. The van der Waals surface area contributed by atoms with Gasteiger partial charge in [-0.25, -0.2) is 8.78 Å². The van der Waals surface area contributed by atoms with Crippen molar-refractivity contribution < 1.29 is 13.9 Å². The molecule has 0 aliphatic rings. The predicted octanol–water partition coefficient (Wildman–Crippen LogP) is 3.83. The summed E-state index contributed by atoms with van der Waals surface area (Å²) in [5.41, 5.74) is 1.97. The minimum atomic E-state index is -0.970. The van der Waals surface area contributed by atoms with Crippen molar-refractivity contribution in [1.29, 1.82) is 0 Å². The second kappa shape index (κ2) is 5.36. The Labute approximate surface area is 119 Å². The number of para-hydroxylation sites is 1. The normalized spacial score (nSPS) is 10.8. The predicted molar refractivity (Wildman–Crippen MR) is 77.1 cm³/mol. The zero-order valence-electron chi connectivity index (χ0n) is 11.0. The van der Waals surface area contributed by atoms with Crippen LogP contribution in [0.4, 0.5) is 14.5 Å². The molecule has 0 radical (unpaired) electrons. The number of pyridine rings is 1. The Bertz CT molecular complexity index is 777. The van der Waals surface area contributed by atoms with Gasteiger partial charge in [-0.05, 0) is 29.8 Å². The quantitative estimate of drug-likeness (QED) is 0.769. The number of anilines is 1. The molecule has 3 rings (SSSR count). The summed E-state index contributed by atoms with van der Waals surface area (Å²) in [5, 5.41) is 13.2. The van der Waals surface area contributed by atoms with Crippen molar-refractivity contribution in [3.05, 3.63) is 65.9 Å². The Balaban J connectivity index is 1.87. The molecule has 0 atom stereocenters. The lowest BCUT2D eigenvalue weighted by Crippen LogP contribution is -2.02. The largest absolute Gasteiger partial charge is 0.503 e. The zero-order chi connectivity index (χ0) is 14.8. The molecule has 21 heavy (non-hydrogen) atoms. The average molecular weight is 286 g/mol. The molecule has 3 nitrogen and oxygen atoms in total. The number of fused-ring (bicyclic) bond motifs is 1. The van der Waals surface area contributed by atoms with E-state index in [0.717, 1.165) is 28.7 Å².